The molecular weight excluding hydrogens is 248 g/mol. The topological polar surface area (TPSA) is 18.5 Å². The Kier molecular flexibility index (Phi) is 4.58. The Morgan fingerprint density at radius 3 is 1.71 bits per heavy atom. The van der Waals surface area contributed by atoms with Crippen molar-refractivity contribution in [3.05, 3.63) is 44.2 Å². The summed E-state index contributed by atoms with van der Waals surface area (Å²) in [6.07, 6.45) is 15.0. The molecule has 3 heteroatoms. The fourth-order valence-corrected chi connectivity index (χ4v) is 7.80. The quantitative estimate of drug-likeness (QED) is 0.683. The SMILES string of the molecule is CC[O][Ti]([O]CC)([C]1=CC=CC1)[C]1=CC=CC1. The second-order valence-electron chi connectivity index (χ2n) is 4.13. The molecular formula is C14H20O2Ti. The summed E-state index contributed by atoms with van der Waals surface area (Å²) >= 11 is -2.92. The molecule has 0 saturated carbocycles. The predicted octanol–water partition coefficient (Wildman–Crippen LogP) is 3.73. The third-order valence-electron chi connectivity index (χ3n) is 3.08. The van der Waals surface area contributed by atoms with Gasteiger partial charge in [0.2, 0.25) is 0 Å². The van der Waals surface area contributed by atoms with Gasteiger partial charge in [-0.1, -0.05) is 0 Å². The van der Waals surface area contributed by atoms with E-state index in [0.717, 1.165) is 26.1 Å². The van der Waals surface area contributed by atoms with Gasteiger partial charge in [-0.2, -0.15) is 0 Å². The molecule has 92 valence electrons. The Hall–Kier alpha value is -0.406. The molecule has 0 fully saturated rings. The normalized spacial score (nSPS) is 18.7. The van der Waals surface area contributed by atoms with Crippen molar-refractivity contribution in [1.82, 2.24) is 0 Å². The Balaban J connectivity index is 2.31. The number of allylic oxidation sites excluding steroid dienone is 8. The minimum atomic E-state index is -2.92. The van der Waals surface area contributed by atoms with Crippen LogP contribution in [0.2, 0.25) is 0 Å². The first-order chi connectivity index (χ1) is 8.33. The van der Waals surface area contributed by atoms with Crippen LogP contribution in [0.15, 0.2) is 44.2 Å². The van der Waals surface area contributed by atoms with E-state index in [1.54, 1.807) is 0 Å². The molecule has 0 aromatic carbocycles. The Morgan fingerprint density at radius 2 is 1.41 bits per heavy atom. The van der Waals surface area contributed by atoms with Gasteiger partial charge in [0.1, 0.15) is 0 Å². The van der Waals surface area contributed by atoms with E-state index in [-0.39, 0.29) is 0 Å². The van der Waals surface area contributed by atoms with Gasteiger partial charge < -0.3 is 0 Å². The molecule has 0 unspecified atom stereocenters. The summed E-state index contributed by atoms with van der Waals surface area (Å²) in [5, 5.41) is 0. The van der Waals surface area contributed by atoms with Crippen LogP contribution >= 0.6 is 0 Å². The summed E-state index contributed by atoms with van der Waals surface area (Å²) < 4.78 is 15.2. The zero-order chi connectivity index (χ0) is 12.1. The van der Waals surface area contributed by atoms with Crippen LogP contribution in [0.25, 0.3) is 0 Å². The molecule has 0 N–H and O–H groups in total. The van der Waals surface area contributed by atoms with Crippen LogP contribution in [0, 0.1) is 0 Å². The summed E-state index contributed by atoms with van der Waals surface area (Å²) in [5.41, 5.74) is 0. The van der Waals surface area contributed by atoms with E-state index in [2.05, 4.69) is 50.3 Å². The molecule has 0 radical (unpaired) electrons. The van der Waals surface area contributed by atoms with E-state index >= 15 is 0 Å². The molecule has 0 atom stereocenters. The molecule has 0 aliphatic heterocycles. The second kappa shape index (κ2) is 5.97. The van der Waals surface area contributed by atoms with Gasteiger partial charge in [0.15, 0.2) is 0 Å². The van der Waals surface area contributed by atoms with Crippen LogP contribution in [0.5, 0.6) is 0 Å². The third-order valence-corrected chi connectivity index (χ3v) is 9.05. The number of hydrogen-bond acceptors (Lipinski definition) is 2. The summed E-state index contributed by atoms with van der Waals surface area (Å²) in [5.74, 6) is 0. The fourth-order valence-electron chi connectivity index (χ4n) is 2.41. The zero-order valence-corrected chi connectivity index (χ0v) is 12.2. The molecule has 2 nitrogen and oxygen atoms in total. The van der Waals surface area contributed by atoms with Gasteiger partial charge in [-0.15, -0.1) is 0 Å². The van der Waals surface area contributed by atoms with Crippen LogP contribution in [-0.2, 0) is 24.0 Å². The Morgan fingerprint density at radius 1 is 0.941 bits per heavy atom. The van der Waals surface area contributed by atoms with E-state index in [1.165, 1.54) is 7.76 Å². The van der Waals surface area contributed by atoms with Crippen molar-refractivity contribution >= 4 is 0 Å². The molecule has 0 aromatic rings. The molecule has 0 spiro atoms. The van der Waals surface area contributed by atoms with Crippen molar-refractivity contribution in [3.8, 4) is 0 Å². The molecule has 0 aromatic heterocycles. The third kappa shape index (κ3) is 2.55. The van der Waals surface area contributed by atoms with E-state index in [4.69, 9.17) is 6.64 Å². The van der Waals surface area contributed by atoms with Crippen LogP contribution in [0.4, 0.5) is 0 Å². The maximum absolute atomic E-state index is 6.19. The van der Waals surface area contributed by atoms with Gasteiger partial charge in [-0.05, 0) is 0 Å². The van der Waals surface area contributed by atoms with E-state index in [1.807, 2.05) is 0 Å². The van der Waals surface area contributed by atoms with Crippen molar-refractivity contribution in [2.75, 3.05) is 13.2 Å². The summed E-state index contributed by atoms with van der Waals surface area (Å²) in [6, 6.07) is 0. The first-order valence-corrected chi connectivity index (χ1v) is 9.17. The van der Waals surface area contributed by atoms with E-state index in [0.29, 0.717) is 0 Å². The molecule has 2 aliphatic carbocycles. The summed E-state index contributed by atoms with van der Waals surface area (Å²) in [6.45, 7) is 5.58. The average molecular weight is 268 g/mol. The van der Waals surface area contributed by atoms with Crippen molar-refractivity contribution in [2.45, 2.75) is 26.7 Å². The predicted molar refractivity (Wildman–Crippen MR) is 66.9 cm³/mol. The second-order valence-corrected chi connectivity index (χ2v) is 8.96. The molecule has 0 amide bonds. The minimum absolute atomic E-state index is 0.731. The summed E-state index contributed by atoms with van der Waals surface area (Å²) in [7, 11) is 0. The van der Waals surface area contributed by atoms with Gasteiger partial charge in [0.25, 0.3) is 0 Å². The van der Waals surface area contributed by atoms with Crippen molar-refractivity contribution in [1.29, 1.82) is 0 Å². The summed E-state index contributed by atoms with van der Waals surface area (Å²) in [4.78, 5) is 0. The Labute approximate surface area is 108 Å². The van der Waals surface area contributed by atoms with Crippen molar-refractivity contribution in [3.63, 3.8) is 0 Å². The molecule has 2 aliphatic rings. The molecule has 17 heavy (non-hydrogen) atoms. The van der Waals surface area contributed by atoms with Crippen molar-refractivity contribution < 1.29 is 24.0 Å². The van der Waals surface area contributed by atoms with Crippen LogP contribution < -0.4 is 0 Å². The monoisotopic (exact) mass is 268 g/mol. The number of hydrogen-bond donors (Lipinski definition) is 0. The van der Waals surface area contributed by atoms with Gasteiger partial charge in [-0.25, -0.2) is 0 Å². The van der Waals surface area contributed by atoms with Gasteiger partial charge >= 0.3 is 108 Å². The van der Waals surface area contributed by atoms with E-state index in [9.17, 15) is 0 Å². The number of rotatable bonds is 6. The van der Waals surface area contributed by atoms with Gasteiger partial charge in [0.05, 0.1) is 0 Å². The molecule has 0 heterocycles. The first-order valence-electron chi connectivity index (χ1n) is 6.33. The van der Waals surface area contributed by atoms with Crippen molar-refractivity contribution in [2.24, 2.45) is 0 Å². The van der Waals surface area contributed by atoms with Crippen LogP contribution in [-0.4, -0.2) is 13.2 Å². The van der Waals surface area contributed by atoms with Gasteiger partial charge in [0, 0.05) is 0 Å². The molecule has 0 saturated heterocycles. The average Bonchev–Trinajstić information content (AvgIpc) is 3.02. The van der Waals surface area contributed by atoms with Crippen LogP contribution in [0.3, 0.4) is 0 Å². The molecule has 0 bridgehead atoms. The molecule has 2 rings (SSSR count). The van der Waals surface area contributed by atoms with E-state index < -0.39 is 17.4 Å². The standard InChI is InChI=1S/2C5H5.2C2H5O.Ti/c2*1-2-4-5-3-1;2*1-2-3;/h2*1-3H,4H2;2*2H2,1H3;/q;;2*-1;+2. The van der Waals surface area contributed by atoms with Gasteiger partial charge in [-0.3, -0.25) is 0 Å². The Bertz CT molecular complexity index is 353. The maximum atomic E-state index is 6.19. The van der Waals surface area contributed by atoms with Crippen LogP contribution in [0.1, 0.15) is 26.7 Å². The zero-order valence-electron chi connectivity index (χ0n) is 10.6. The first kappa shape index (κ1) is 13.0. The fraction of sp³-hybridized carbons (Fsp3) is 0.429.